The number of hydrogen-bond donors (Lipinski definition) is 2. The van der Waals surface area contributed by atoms with Crippen LogP contribution >= 0.6 is 11.3 Å². The van der Waals surface area contributed by atoms with Crippen LogP contribution in [-0.4, -0.2) is 23.5 Å². The highest BCUT2D eigenvalue weighted by molar-refractivity contribution is 7.09. The normalized spacial score (nSPS) is 14.6. The summed E-state index contributed by atoms with van der Waals surface area (Å²) in [5.41, 5.74) is -0.220. The maximum absolute atomic E-state index is 11.6. The summed E-state index contributed by atoms with van der Waals surface area (Å²) in [4.78, 5) is 15.9. The molecule has 0 unspecified atom stereocenters. The SMILES string of the molecule is CC[C@](C)(NCC(=O)NC(C)C)c1nccs1. The standard InChI is InChI=1S/C12H21N3OS/c1-5-12(4,11-13-6-7-17-11)14-8-10(16)15-9(2)3/h6-7,9,14H,5,8H2,1-4H3,(H,15,16)/t12-/m0/s1. The predicted molar refractivity (Wildman–Crippen MR) is 71.0 cm³/mol. The molecule has 0 bridgehead atoms. The minimum atomic E-state index is -0.220. The van der Waals surface area contributed by atoms with E-state index in [1.165, 1.54) is 0 Å². The van der Waals surface area contributed by atoms with E-state index in [9.17, 15) is 4.79 Å². The van der Waals surface area contributed by atoms with Gasteiger partial charge < -0.3 is 5.32 Å². The van der Waals surface area contributed by atoms with Crippen LogP contribution in [0, 0.1) is 0 Å². The monoisotopic (exact) mass is 255 g/mol. The molecular weight excluding hydrogens is 234 g/mol. The highest BCUT2D eigenvalue weighted by atomic mass is 32.1. The minimum absolute atomic E-state index is 0.0243. The second kappa shape index (κ2) is 6.12. The van der Waals surface area contributed by atoms with Crippen molar-refractivity contribution in [3.8, 4) is 0 Å². The van der Waals surface area contributed by atoms with E-state index in [4.69, 9.17) is 0 Å². The van der Waals surface area contributed by atoms with E-state index in [2.05, 4.69) is 29.5 Å². The van der Waals surface area contributed by atoms with Gasteiger partial charge in [0.1, 0.15) is 5.01 Å². The predicted octanol–water partition coefficient (Wildman–Crippen LogP) is 1.88. The van der Waals surface area contributed by atoms with Gasteiger partial charge in [0.05, 0.1) is 12.1 Å². The second-order valence-corrected chi connectivity index (χ2v) is 5.49. The molecule has 0 spiro atoms. The Kier molecular flexibility index (Phi) is 5.08. The van der Waals surface area contributed by atoms with Crippen molar-refractivity contribution in [1.82, 2.24) is 15.6 Å². The molecule has 0 aromatic carbocycles. The van der Waals surface area contributed by atoms with Crippen LogP contribution < -0.4 is 10.6 Å². The molecule has 96 valence electrons. The van der Waals surface area contributed by atoms with Crippen molar-refractivity contribution in [3.63, 3.8) is 0 Å². The van der Waals surface area contributed by atoms with E-state index in [0.717, 1.165) is 11.4 Å². The molecular formula is C12H21N3OS. The number of thiazole rings is 1. The van der Waals surface area contributed by atoms with Gasteiger partial charge in [-0.25, -0.2) is 4.98 Å². The Morgan fingerprint density at radius 1 is 1.59 bits per heavy atom. The summed E-state index contributed by atoms with van der Waals surface area (Å²) in [6.45, 7) is 8.40. The second-order valence-electron chi connectivity index (χ2n) is 4.60. The molecule has 4 nitrogen and oxygen atoms in total. The van der Waals surface area contributed by atoms with E-state index in [0.29, 0.717) is 6.54 Å². The molecule has 5 heteroatoms. The maximum Gasteiger partial charge on any atom is 0.234 e. The summed E-state index contributed by atoms with van der Waals surface area (Å²) in [5.74, 6) is 0.0243. The molecule has 0 aliphatic heterocycles. The summed E-state index contributed by atoms with van der Waals surface area (Å²) in [7, 11) is 0. The van der Waals surface area contributed by atoms with Crippen molar-refractivity contribution in [3.05, 3.63) is 16.6 Å². The molecule has 0 fully saturated rings. The smallest absolute Gasteiger partial charge is 0.234 e. The number of rotatable bonds is 6. The van der Waals surface area contributed by atoms with Gasteiger partial charge in [-0.3, -0.25) is 10.1 Å². The van der Waals surface area contributed by atoms with Crippen LogP contribution in [-0.2, 0) is 10.3 Å². The lowest BCUT2D eigenvalue weighted by atomic mass is 10.00. The van der Waals surface area contributed by atoms with Gasteiger partial charge in [-0.05, 0) is 27.2 Å². The Morgan fingerprint density at radius 3 is 2.76 bits per heavy atom. The molecule has 0 aliphatic rings. The topological polar surface area (TPSA) is 54.0 Å². The Morgan fingerprint density at radius 2 is 2.29 bits per heavy atom. The lowest BCUT2D eigenvalue weighted by molar-refractivity contribution is -0.121. The third-order valence-electron chi connectivity index (χ3n) is 2.70. The molecule has 2 N–H and O–H groups in total. The van der Waals surface area contributed by atoms with Crippen LogP contribution in [0.2, 0.25) is 0 Å². The number of nitrogens with one attached hydrogen (secondary N) is 2. The maximum atomic E-state index is 11.6. The van der Waals surface area contributed by atoms with Gasteiger partial charge in [0.15, 0.2) is 0 Å². The third-order valence-corrected chi connectivity index (χ3v) is 3.74. The number of nitrogens with zero attached hydrogens (tertiary/aromatic N) is 1. The van der Waals surface area contributed by atoms with Crippen LogP contribution in [0.1, 0.15) is 39.1 Å². The fourth-order valence-corrected chi connectivity index (χ4v) is 2.35. The number of carbonyl (C=O) groups is 1. The summed E-state index contributed by atoms with van der Waals surface area (Å²) >= 11 is 1.61. The van der Waals surface area contributed by atoms with E-state index in [-0.39, 0.29) is 17.5 Å². The van der Waals surface area contributed by atoms with Gasteiger partial charge in [0, 0.05) is 17.6 Å². The first-order chi connectivity index (χ1) is 7.98. The molecule has 1 heterocycles. The lowest BCUT2D eigenvalue weighted by Crippen LogP contribution is -2.46. The average Bonchev–Trinajstić information content (AvgIpc) is 2.79. The fourth-order valence-electron chi connectivity index (χ4n) is 1.50. The number of hydrogen-bond acceptors (Lipinski definition) is 4. The third kappa shape index (κ3) is 4.09. The first-order valence-corrected chi connectivity index (χ1v) is 6.80. The molecule has 0 saturated heterocycles. The Labute approximate surface area is 107 Å². The quantitative estimate of drug-likeness (QED) is 0.816. The van der Waals surface area contributed by atoms with E-state index >= 15 is 0 Å². The molecule has 0 aliphatic carbocycles. The molecule has 0 radical (unpaired) electrons. The zero-order valence-corrected chi connectivity index (χ0v) is 11.7. The van der Waals surface area contributed by atoms with Crippen molar-refractivity contribution < 1.29 is 4.79 Å². The van der Waals surface area contributed by atoms with Gasteiger partial charge in [-0.1, -0.05) is 6.92 Å². The van der Waals surface area contributed by atoms with Crippen molar-refractivity contribution in [2.75, 3.05) is 6.54 Å². The molecule has 0 saturated carbocycles. The Balaban J connectivity index is 2.56. The molecule has 1 aromatic heterocycles. The van der Waals surface area contributed by atoms with Crippen molar-refractivity contribution in [2.45, 2.75) is 45.7 Å². The fraction of sp³-hybridized carbons (Fsp3) is 0.667. The first-order valence-electron chi connectivity index (χ1n) is 5.92. The highest BCUT2D eigenvalue weighted by Crippen LogP contribution is 2.25. The van der Waals surface area contributed by atoms with Gasteiger partial charge >= 0.3 is 0 Å². The number of amides is 1. The van der Waals surface area contributed by atoms with Gasteiger partial charge in [0.2, 0.25) is 5.91 Å². The van der Waals surface area contributed by atoms with Crippen LogP contribution in [0.4, 0.5) is 0 Å². The molecule has 1 atom stereocenters. The van der Waals surface area contributed by atoms with Gasteiger partial charge in [-0.15, -0.1) is 11.3 Å². The first kappa shape index (κ1) is 14.1. The molecule has 1 aromatic rings. The lowest BCUT2D eigenvalue weighted by Gasteiger charge is -2.27. The Hall–Kier alpha value is -0.940. The Bertz CT molecular complexity index is 351. The zero-order valence-electron chi connectivity index (χ0n) is 10.9. The molecule has 1 amide bonds. The van der Waals surface area contributed by atoms with Crippen molar-refractivity contribution in [1.29, 1.82) is 0 Å². The highest BCUT2D eigenvalue weighted by Gasteiger charge is 2.27. The van der Waals surface area contributed by atoms with E-state index in [1.807, 2.05) is 19.2 Å². The minimum Gasteiger partial charge on any atom is -0.353 e. The van der Waals surface area contributed by atoms with E-state index < -0.39 is 0 Å². The largest absolute Gasteiger partial charge is 0.353 e. The van der Waals surface area contributed by atoms with Crippen LogP contribution in [0.25, 0.3) is 0 Å². The van der Waals surface area contributed by atoms with Crippen molar-refractivity contribution in [2.24, 2.45) is 0 Å². The zero-order chi connectivity index (χ0) is 12.9. The average molecular weight is 255 g/mol. The van der Waals surface area contributed by atoms with Gasteiger partial charge in [0.25, 0.3) is 0 Å². The van der Waals surface area contributed by atoms with Crippen LogP contribution in [0.15, 0.2) is 11.6 Å². The van der Waals surface area contributed by atoms with E-state index in [1.54, 1.807) is 17.5 Å². The van der Waals surface area contributed by atoms with Crippen molar-refractivity contribution >= 4 is 17.2 Å². The number of aromatic nitrogens is 1. The molecule has 17 heavy (non-hydrogen) atoms. The summed E-state index contributed by atoms with van der Waals surface area (Å²) in [6.07, 6.45) is 2.69. The summed E-state index contributed by atoms with van der Waals surface area (Å²) < 4.78 is 0. The van der Waals surface area contributed by atoms with Crippen LogP contribution in [0.3, 0.4) is 0 Å². The number of carbonyl (C=O) groups excluding carboxylic acids is 1. The summed E-state index contributed by atoms with van der Waals surface area (Å²) in [6, 6.07) is 0.178. The molecule has 1 rings (SSSR count). The van der Waals surface area contributed by atoms with Gasteiger partial charge in [-0.2, -0.15) is 0 Å². The summed E-state index contributed by atoms with van der Waals surface area (Å²) in [5, 5.41) is 9.14. The van der Waals surface area contributed by atoms with Crippen LogP contribution in [0.5, 0.6) is 0 Å².